The molecule has 2 rings (SSSR count). The van der Waals surface area contributed by atoms with Crippen molar-refractivity contribution in [3.8, 4) is 5.75 Å². The van der Waals surface area contributed by atoms with Gasteiger partial charge in [0.15, 0.2) is 0 Å². The van der Waals surface area contributed by atoms with E-state index in [2.05, 4.69) is 5.32 Å². The molecule has 0 aliphatic heterocycles. The highest BCUT2D eigenvalue weighted by atomic mass is 32.1. The zero-order chi connectivity index (χ0) is 17.0. The second kappa shape index (κ2) is 10.4. The second-order valence-corrected chi connectivity index (χ2v) is 6.02. The van der Waals surface area contributed by atoms with E-state index < -0.39 is 0 Å². The molecule has 128 valence electrons. The maximum Gasteiger partial charge on any atom is 0.305 e. The monoisotopic (exact) mass is 347 g/mol. The van der Waals surface area contributed by atoms with Crippen LogP contribution in [-0.2, 0) is 9.53 Å². The molecule has 6 heteroatoms. The van der Waals surface area contributed by atoms with Gasteiger partial charge >= 0.3 is 5.97 Å². The first kappa shape index (κ1) is 18.0. The molecule has 0 unspecified atom stereocenters. The van der Waals surface area contributed by atoms with Crippen LogP contribution in [0.4, 0.5) is 0 Å². The molecule has 1 aromatic heterocycles. The topological polar surface area (TPSA) is 64.6 Å². The zero-order valence-corrected chi connectivity index (χ0v) is 14.2. The molecule has 0 fully saturated rings. The van der Waals surface area contributed by atoms with Crippen molar-refractivity contribution in [1.29, 1.82) is 0 Å². The average molecular weight is 347 g/mol. The Bertz CT molecular complexity index is 613. The number of hydrogen-bond acceptors (Lipinski definition) is 5. The molecule has 5 nitrogen and oxygen atoms in total. The van der Waals surface area contributed by atoms with Crippen molar-refractivity contribution in [3.63, 3.8) is 0 Å². The molecule has 1 aromatic carbocycles. The number of thiophene rings is 1. The van der Waals surface area contributed by atoms with Crippen LogP contribution in [0.3, 0.4) is 0 Å². The Morgan fingerprint density at radius 1 is 1.00 bits per heavy atom. The van der Waals surface area contributed by atoms with Crippen LogP contribution in [0.2, 0.25) is 0 Å². The molecule has 0 saturated carbocycles. The maximum atomic E-state index is 11.7. The molecule has 1 heterocycles. The lowest BCUT2D eigenvalue weighted by molar-refractivity contribution is -0.143. The molecule has 0 aliphatic carbocycles. The number of carbonyl (C=O) groups excluding carboxylic acids is 2. The maximum absolute atomic E-state index is 11.7. The fourth-order valence-electron chi connectivity index (χ4n) is 1.95. The highest BCUT2D eigenvalue weighted by Crippen LogP contribution is 2.09. The van der Waals surface area contributed by atoms with E-state index in [4.69, 9.17) is 9.47 Å². The second-order valence-electron chi connectivity index (χ2n) is 5.07. The lowest BCUT2D eigenvalue weighted by Gasteiger charge is -2.07. The molecule has 24 heavy (non-hydrogen) atoms. The number of nitrogens with one attached hydrogen (secondary N) is 1. The first-order valence-corrected chi connectivity index (χ1v) is 8.79. The number of rotatable bonds is 10. The quantitative estimate of drug-likeness (QED) is 0.529. The summed E-state index contributed by atoms with van der Waals surface area (Å²) in [6.07, 6.45) is 1.54. The summed E-state index contributed by atoms with van der Waals surface area (Å²) in [6, 6.07) is 13.1. The van der Waals surface area contributed by atoms with Crippen LogP contribution < -0.4 is 10.1 Å². The Hall–Kier alpha value is -2.34. The molecule has 0 bridgehead atoms. The predicted octanol–water partition coefficient (Wildman–Crippen LogP) is 3.27. The van der Waals surface area contributed by atoms with E-state index in [1.165, 1.54) is 11.3 Å². The third kappa shape index (κ3) is 6.83. The van der Waals surface area contributed by atoms with Crippen LogP contribution in [0, 0.1) is 0 Å². The summed E-state index contributed by atoms with van der Waals surface area (Å²) >= 11 is 1.40. The Morgan fingerprint density at radius 2 is 1.83 bits per heavy atom. The van der Waals surface area contributed by atoms with Crippen LogP contribution in [-0.4, -0.2) is 31.6 Å². The standard InChI is InChI=1S/C18H21NO4S/c20-17(10-4-12-22-15-7-2-1-3-8-15)23-13-6-11-19-18(21)16-9-5-14-24-16/h1-3,5,7-9,14H,4,6,10-13H2,(H,19,21). The number of benzene rings is 1. The van der Waals surface area contributed by atoms with Gasteiger partial charge in [-0.15, -0.1) is 11.3 Å². The summed E-state index contributed by atoms with van der Waals surface area (Å²) in [6.45, 7) is 1.28. The normalized spacial score (nSPS) is 10.2. The zero-order valence-electron chi connectivity index (χ0n) is 13.4. The molecule has 0 radical (unpaired) electrons. The van der Waals surface area contributed by atoms with E-state index in [9.17, 15) is 9.59 Å². The SMILES string of the molecule is O=C(CCCOc1ccccc1)OCCCNC(=O)c1cccs1. The van der Waals surface area contributed by atoms with Crippen molar-refractivity contribution in [2.24, 2.45) is 0 Å². The fourth-order valence-corrected chi connectivity index (χ4v) is 2.59. The van der Waals surface area contributed by atoms with Crippen LogP contribution in [0.25, 0.3) is 0 Å². The van der Waals surface area contributed by atoms with Crippen molar-refractivity contribution in [1.82, 2.24) is 5.32 Å². The van der Waals surface area contributed by atoms with Gasteiger partial charge in [-0.3, -0.25) is 9.59 Å². The van der Waals surface area contributed by atoms with Crippen molar-refractivity contribution < 1.29 is 19.1 Å². The van der Waals surface area contributed by atoms with E-state index in [-0.39, 0.29) is 11.9 Å². The van der Waals surface area contributed by atoms with Gasteiger partial charge < -0.3 is 14.8 Å². The van der Waals surface area contributed by atoms with E-state index >= 15 is 0 Å². The molecule has 2 aromatic rings. The average Bonchev–Trinajstić information content (AvgIpc) is 3.14. The van der Waals surface area contributed by atoms with E-state index in [0.29, 0.717) is 43.9 Å². The van der Waals surface area contributed by atoms with Crippen molar-refractivity contribution in [3.05, 3.63) is 52.7 Å². The summed E-state index contributed by atoms with van der Waals surface area (Å²) in [5.41, 5.74) is 0. The first-order chi connectivity index (χ1) is 11.8. The highest BCUT2D eigenvalue weighted by Gasteiger charge is 2.06. The Morgan fingerprint density at radius 3 is 2.58 bits per heavy atom. The van der Waals surface area contributed by atoms with Gasteiger partial charge in [0.05, 0.1) is 18.1 Å². The summed E-state index contributed by atoms with van der Waals surface area (Å²) < 4.78 is 10.6. The largest absolute Gasteiger partial charge is 0.494 e. The van der Waals surface area contributed by atoms with E-state index in [1.807, 2.05) is 41.8 Å². The van der Waals surface area contributed by atoms with Crippen molar-refractivity contribution in [2.75, 3.05) is 19.8 Å². The summed E-state index contributed by atoms with van der Waals surface area (Å²) in [5, 5.41) is 4.65. The number of ether oxygens (including phenoxy) is 2. The third-order valence-corrected chi connectivity index (χ3v) is 4.02. The van der Waals surface area contributed by atoms with Crippen LogP contribution in [0.5, 0.6) is 5.75 Å². The molecule has 0 saturated heterocycles. The predicted molar refractivity (Wildman–Crippen MR) is 93.4 cm³/mol. The van der Waals surface area contributed by atoms with Crippen LogP contribution in [0.1, 0.15) is 28.9 Å². The fraction of sp³-hybridized carbons (Fsp3) is 0.333. The Kier molecular flexibility index (Phi) is 7.83. The number of carbonyl (C=O) groups is 2. The van der Waals surface area contributed by atoms with Crippen LogP contribution >= 0.6 is 11.3 Å². The molecule has 0 aliphatic rings. The smallest absolute Gasteiger partial charge is 0.305 e. The molecule has 0 atom stereocenters. The Labute approximate surface area is 145 Å². The van der Waals surface area contributed by atoms with E-state index in [1.54, 1.807) is 6.07 Å². The van der Waals surface area contributed by atoms with Gasteiger partial charge in [-0.25, -0.2) is 0 Å². The minimum absolute atomic E-state index is 0.0885. The van der Waals surface area contributed by atoms with Gasteiger partial charge in [0, 0.05) is 13.0 Å². The lowest BCUT2D eigenvalue weighted by Crippen LogP contribution is -2.24. The summed E-state index contributed by atoms with van der Waals surface area (Å²) in [4.78, 5) is 23.9. The van der Waals surface area contributed by atoms with Crippen molar-refractivity contribution >= 4 is 23.2 Å². The molecular formula is C18H21NO4S. The van der Waals surface area contributed by atoms with Gasteiger partial charge in [0.2, 0.25) is 0 Å². The van der Waals surface area contributed by atoms with Gasteiger partial charge in [0.1, 0.15) is 5.75 Å². The first-order valence-electron chi connectivity index (χ1n) is 7.91. The Balaban J connectivity index is 1.46. The molecule has 1 N–H and O–H groups in total. The third-order valence-electron chi connectivity index (χ3n) is 3.15. The minimum Gasteiger partial charge on any atom is -0.494 e. The summed E-state index contributed by atoms with van der Waals surface area (Å²) in [7, 11) is 0. The molecular weight excluding hydrogens is 326 g/mol. The van der Waals surface area contributed by atoms with Gasteiger partial charge in [-0.1, -0.05) is 24.3 Å². The highest BCUT2D eigenvalue weighted by molar-refractivity contribution is 7.12. The number of amides is 1. The van der Waals surface area contributed by atoms with Gasteiger partial charge in [-0.2, -0.15) is 0 Å². The van der Waals surface area contributed by atoms with Gasteiger partial charge in [0.25, 0.3) is 5.91 Å². The van der Waals surface area contributed by atoms with Crippen molar-refractivity contribution in [2.45, 2.75) is 19.3 Å². The number of para-hydroxylation sites is 1. The van der Waals surface area contributed by atoms with E-state index in [0.717, 1.165) is 5.75 Å². The number of hydrogen-bond donors (Lipinski definition) is 1. The summed E-state index contributed by atoms with van der Waals surface area (Å²) in [5.74, 6) is 0.470. The number of esters is 1. The van der Waals surface area contributed by atoms with Gasteiger partial charge in [-0.05, 0) is 36.4 Å². The lowest BCUT2D eigenvalue weighted by atomic mass is 10.3. The van der Waals surface area contributed by atoms with Crippen LogP contribution in [0.15, 0.2) is 47.8 Å². The minimum atomic E-state index is -0.240. The molecule has 0 spiro atoms. The molecule has 1 amide bonds.